The maximum Gasteiger partial charge on any atom is 0.305 e. The van der Waals surface area contributed by atoms with Gasteiger partial charge in [0.15, 0.2) is 0 Å². The zero-order chi connectivity index (χ0) is 17.2. The average molecular weight is 318 g/mol. The molecule has 1 heterocycles. The van der Waals surface area contributed by atoms with Gasteiger partial charge in [0.05, 0.1) is 12.8 Å². The van der Waals surface area contributed by atoms with Crippen LogP contribution in [0.3, 0.4) is 0 Å². The summed E-state index contributed by atoms with van der Waals surface area (Å²) in [5.41, 5.74) is 10.3. The quantitative estimate of drug-likeness (QED) is 0.841. The van der Waals surface area contributed by atoms with Crippen molar-refractivity contribution in [1.29, 1.82) is 0 Å². The molecule has 1 aromatic carbocycles. The van der Waals surface area contributed by atoms with E-state index in [0.717, 1.165) is 6.42 Å². The fourth-order valence-corrected chi connectivity index (χ4v) is 3.82. The zero-order valence-corrected chi connectivity index (χ0v) is 15.1. The molecule has 0 aliphatic carbocycles. The molecule has 1 aliphatic heterocycles. The van der Waals surface area contributed by atoms with Crippen molar-refractivity contribution in [2.75, 3.05) is 11.5 Å². The fraction of sp³-hybridized carbons (Fsp3) is 0.632. The highest BCUT2D eigenvalue weighted by Gasteiger charge is 2.38. The second kappa shape index (κ2) is 6.91. The van der Waals surface area contributed by atoms with Crippen LogP contribution in [0, 0.1) is 6.92 Å². The van der Waals surface area contributed by atoms with E-state index >= 15 is 0 Å². The van der Waals surface area contributed by atoms with Crippen LogP contribution in [0.15, 0.2) is 18.2 Å². The fourth-order valence-electron chi connectivity index (χ4n) is 3.82. The second-order valence-corrected chi connectivity index (χ2v) is 7.26. The predicted octanol–water partition coefficient (Wildman–Crippen LogP) is 3.72. The Kier molecular flexibility index (Phi) is 5.35. The van der Waals surface area contributed by atoms with E-state index < -0.39 is 0 Å². The third-order valence-corrected chi connectivity index (χ3v) is 4.72. The van der Waals surface area contributed by atoms with Crippen LogP contribution in [0.4, 0.5) is 5.69 Å². The Balaban J connectivity index is 2.26. The molecule has 0 radical (unpaired) electrons. The molecule has 128 valence electrons. The minimum atomic E-state index is -0.192. The van der Waals surface area contributed by atoms with Crippen LogP contribution < -0.4 is 10.6 Å². The molecule has 23 heavy (non-hydrogen) atoms. The van der Waals surface area contributed by atoms with E-state index in [0.29, 0.717) is 25.4 Å². The maximum atomic E-state index is 11.6. The van der Waals surface area contributed by atoms with Gasteiger partial charge >= 0.3 is 5.97 Å². The first-order valence-corrected chi connectivity index (χ1v) is 8.57. The number of ether oxygens (including phenoxy) is 1. The molecular formula is C19H30N2O2. The zero-order valence-electron chi connectivity index (χ0n) is 15.1. The van der Waals surface area contributed by atoms with E-state index in [1.807, 2.05) is 6.92 Å². The molecule has 0 saturated heterocycles. The summed E-state index contributed by atoms with van der Waals surface area (Å²) in [4.78, 5) is 13.9. The Labute approximate surface area is 140 Å². The number of esters is 1. The second-order valence-electron chi connectivity index (χ2n) is 7.26. The van der Waals surface area contributed by atoms with Crippen LogP contribution in [0.25, 0.3) is 0 Å². The first-order valence-electron chi connectivity index (χ1n) is 8.57. The SMILES string of the molecule is CCOC(=O)CCC(N)N1c2cc(C)ccc2C(C)CC1(C)C. The van der Waals surface area contributed by atoms with Crippen LogP contribution in [-0.2, 0) is 9.53 Å². The number of benzene rings is 1. The van der Waals surface area contributed by atoms with Crippen molar-refractivity contribution in [3.63, 3.8) is 0 Å². The lowest BCUT2D eigenvalue weighted by Gasteiger charge is -2.50. The molecule has 0 spiro atoms. The van der Waals surface area contributed by atoms with Crippen molar-refractivity contribution >= 4 is 11.7 Å². The minimum absolute atomic E-state index is 0.0334. The summed E-state index contributed by atoms with van der Waals surface area (Å²) in [6, 6.07) is 6.60. The third kappa shape index (κ3) is 3.86. The summed E-state index contributed by atoms with van der Waals surface area (Å²) in [7, 11) is 0. The number of nitrogens with two attached hydrogens (primary N) is 1. The summed E-state index contributed by atoms with van der Waals surface area (Å²) in [6.07, 6.45) is 1.82. The largest absolute Gasteiger partial charge is 0.466 e. The van der Waals surface area contributed by atoms with Crippen LogP contribution in [0.2, 0.25) is 0 Å². The molecule has 2 rings (SSSR count). The molecule has 1 aromatic rings. The van der Waals surface area contributed by atoms with E-state index in [2.05, 4.69) is 50.8 Å². The van der Waals surface area contributed by atoms with Crippen molar-refractivity contribution in [2.24, 2.45) is 5.73 Å². The van der Waals surface area contributed by atoms with E-state index in [4.69, 9.17) is 10.5 Å². The number of rotatable bonds is 5. The van der Waals surface area contributed by atoms with Gasteiger partial charge in [0.1, 0.15) is 0 Å². The number of carbonyl (C=O) groups is 1. The van der Waals surface area contributed by atoms with Gasteiger partial charge in [-0.05, 0) is 63.6 Å². The standard InChI is InChI=1S/C19H30N2O2/c1-6-23-18(22)10-9-17(20)21-16-11-13(2)7-8-15(16)14(3)12-19(21,4)5/h7-8,11,14,17H,6,9-10,12,20H2,1-5H3. The first kappa shape index (κ1) is 17.8. The van der Waals surface area contributed by atoms with Gasteiger partial charge in [-0.15, -0.1) is 0 Å². The van der Waals surface area contributed by atoms with E-state index in [-0.39, 0.29) is 17.7 Å². The van der Waals surface area contributed by atoms with Crippen molar-refractivity contribution in [3.05, 3.63) is 29.3 Å². The van der Waals surface area contributed by atoms with Crippen LogP contribution in [-0.4, -0.2) is 24.3 Å². The number of anilines is 1. The van der Waals surface area contributed by atoms with Gasteiger partial charge in [0.25, 0.3) is 0 Å². The first-order chi connectivity index (χ1) is 10.8. The lowest BCUT2D eigenvalue weighted by atomic mass is 9.79. The molecule has 0 amide bonds. The van der Waals surface area contributed by atoms with Gasteiger partial charge in [-0.1, -0.05) is 19.1 Å². The van der Waals surface area contributed by atoms with Crippen molar-refractivity contribution in [1.82, 2.24) is 0 Å². The highest BCUT2D eigenvalue weighted by molar-refractivity contribution is 5.69. The van der Waals surface area contributed by atoms with Crippen molar-refractivity contribution in [2.45, 2.75) is 71.5 Å². The van der Waals surface area contributed by atoms with E-state index in [1.54, 1.807) is 0 Å². The summed E-state index contributed by atoms with van der Waals surface area (Å²) >= 11 is 0. The molecule has 1 aliphatic rings. The van der Waals surface area contributed by atoms with Gasteiger partial charge in [-0.25, -0.2) is 0 Å². The van der Waals surface area contributed by atoms with Gasteiger partial charge in [-0.2, -0.15) is 0 Å². The number of carbonyl (C=O) groups excluding carboxylic acids is 1. The average Bonchev–Trinajstić information content (AvgIpc) is 2.44. The number of hydrogen-bond acceptors (Lipinski definition) is 4. The lowest BCUT2D eigenvalue weighted by Crippen LogP contribution is -2.57. The molecule has 2 atom stereocenters. The van der Waals surface area contributed by atoms with Crippen molar-refractivity contribution in [3.8, 4) is 0 Å². The normalized spacial score (nSPS) is 20.8. The molecule has 4 heteroatoms. The summed E-state index contributed by atoms with van der Waals surface area (Å²) < 4.78 is 5.02. The summed E-state index contributed by atoms with van der Waals surface area (Å²) in [5, 5.41) is 0. The van der Waals surface area contributed by atoms with Gasteiger partial charge < -0.3 is 15.4 Å². The molecule has 0 bridgehead atoms. The molecule has 0 saturated carbocycles. The highest BCUT2D eigenvalue weighted by Crippen LogP contribution is 2.44. The van der Waals surface area contributed by atoms with Gasteiger partial charge in [-0.3, -0.25) is 4.79 Å². The third-order valence-electron chi connectivity index (χ3n) is 4.72. The maximum absolute atomic E-state index is 11.6. The number of nitrogens with zero attached hydrogens (tertiary/aromatic N) is 1. The molecule has 4 nitrogen and oxygen atoms in total. The number of fused-ring (bicyclic) bond motifs is 1. The smallest absolute Gasteiger partial charge is 0.305 e. The van der Waals surface area contributed by atoms with Gasteiger partial charge in [0.2, 0.25) is 0 Å². The Bertz CT molecular complexity index is 568. The topological polar surface area (TPSA) is 55.6 Å². The molecule has 0 aromatic heterocycles. The van der Waals surface area contributed by atoms with Crippen LogP contribution in [0.1, 0.15) is 64.0 Å². The number of aryl methyl sites for hydroxylation is 1. The molecule has 0 fully saturated rings. The Morgan fingerprint density at radius 3 is 2.83 bits per heavy atom. The van der Waals surface area contributed by atoms with Crippen molar-refractivity contribution < 1.29 is 9.53 Å². The Hall–Kier alpha value is -1.55. The van der Waals surface area contributed by atoms with Crippen LogP contribution >= 0.6 is 0 Å². The Morgan fingerprint density at radius 1 is 1.48 bits per heavy atom. The predicted molar refractivity (Wildman–Crippen MR) is 94.6 cm³/mol. The van der Waals surface area contributed by atoms with Gasteiger partial charge in [0, 0.05) is 17.6 Å². The monoisotopic (exact) mass is 318 g/mol. The van der Waals surface area contributed by atoms with E-state index in [9.17, 15) is 4.79 Å². The molecular weight excluding hydrogens is 288 g/mol. The van der Waals surface area contributed by atoms with Crippen LogP contribution in [0.5, 0.6) is 0 Å². The number of hydrogen-bond donors (Lipinski definition) is 1. The highest BCUT2D eigenvalue weighted by atomic mass is 16.5. The Morgan fingerprint density at radius 2 is 2.17 bits per heavy atom. The minimum Gasteiger partial charge on any atom is -0.466 e. The van der Waals surface area contributed by atoms with E-state index in [1.165, 1.54) is 16.8 Å². The lowest BCUT2D eigenvalue weighted by molar-refractivity contribution is -0.143. The molecule has 2 N–H and O–H groups in total. The molecule has 2 unspecified atom stereocenters. The summed E-state index contributed by atoms with van der Waals surface area (Å²) in [6.45, 7) is 11.1. The summed E-state index contributed by atoms with van der Waals surface area (Å²) in [5.74, 6) is 0.338.